The maximum Gasteiger partial charge on any atom is 0.349 e. The molecule has 0 bridgehead atoms. The topological polar surface area (TPSA) is 119 Å². The molecule has 0 aliphatic heterocycles. The zero-order valence-corrected chi connectivity index (χ0v) is 18.9. The normalized spacial score (nSPS) is 12.2. The van der Waals surface area contributed by atoms with Gasteiger partial charge in [-0.15, -0.1) is 0 Å². The number of carboxylic acid groups (broad SMARTS) is 1. The number of benzene rings is 3. The number of hydrogen-bond acceptors (Lipinski definition) is 6. The Labute approximate surface area is 200 Å². The first-order chi connectivity index (χ1) is 16.7. The molecular weight excluding hydrogens is 457 g/mol. The molecule has 9 heteroatoms. The number of aliphatic carboxylic acids is 1. The summed E-state index contributed by atoms with van der Waals surface area (Å²) in [5, 5.41) is 11.9. The molecule has 35 heavy (non-hydrogen) atoms. The quantitative estimate of drug-likeness (QED) is 0.470. The summed E-state index contributed by atoms with van der Waals surface area (Å²) in [6, 6.07) is 17.3. The van der Waals surface area contributed by atoms with Crippen molar-refractivity contribution in [3.8, 4) is 0 Å². The molecule has 2 atom stereocenters. The number of carboxylic acids is 1. The summed E-state index contributed by atoms with van der Waals surface area (Å²) in [6.07, 6.45) is -4.35. The first-order valence-electron chi connectivity index (χ1n) is 10.5. The van der Waals surface area contributed by atoms with Gasteiger partial charge in [0.15, 0.2) is 0 Å². The van der Waals surface area contributed by atoms with Crippen LogP contribution >= 0.6 is 0 Å². The second-order valence-corrected chi connectivity index (χ2v) is 7.69. The van der Waals surface area contributed by atoms with Crippen molar-refractivity contribution in [2.45, 2.75) is 26.1 Å². The second kappa shape index (κ2) is 11.1. The van der Waals surface area contributed by atoms with Crippen molar-refractivity contribution in [1.82, 2.24) is 0 Å². The molecule has 0 spiro atoms. The van der Waals surface area contributed by atoms with Gasteiger partial charge < -0.3 is 19.9 Å². The van der Waals surface area contributed by atoms with E-state index in [1.54, 1.807) is 38.1 Å². The van der Waals surface area contributed by atoms with Crippen LogP contribution in [0.25, 0.3) is 0 Å². The number of amides is 1. The van der Waals surface area contributed by atoms with Gasteiger partial charge in [-0.1, -0.05) is 47.5 Å². The number of aryl methyl sites for hydroxylation is 2. The highest BCUT2D eigenvalue weighted by atomic mass is 19.1. The summed E-state index contributed by atoms with van der Waals surface area (Å²) < 4.78 is 24.4. The van der Waals surface area contributed by atoms with Crippen molar-refractivity contribution in [3.05, 3.63) is 101 Å². The molecular formula is C26H22FNO7. The van der Waals surface area contributed by atoms with Crippen LogP contribution in [0.15, 0.2) is 72.8 Å². The minimum atomic E-state index is -2.22. The molecule has 3 aromatic rings. The maximum atomic E-state index is 14.1. The van der Waals surface area contributed by atoms with E-state index >= 15 is 0 Å². The largest absolute Gasteiger partial charge is 0.478 e. The predicted molar refractivity (Wildman–Crippen MR) is 123 cm³/mol. The maximum absolute atomic E-state index is 14.1. The van der Waals surface area contributed by atoms with Crippen molar-refractivity contribution < 1.29 is 38.1 Å². The lowest BCUT2D eigenvalue weighted by molar-refractivity contribution is -0.157. The number of carbonyl (C=O) groups is 4. The lowest BCUT2D eigenvalue weighted by Crippen LogP contribution is -2.48. The van der Waals surface area contributed by atoms with Crippen LogP contribution in [0, 0.1) is 19.7 Å². The third-order valence-electron chi connectivity index (χ3n) is 4.95. The van der Waals surface area contributed by atoms with Crippen LogP contribution in [0.5, 0.6) is 0 Å². The lowest BCUT2D eigenvalue weighted by Gasteiger charge is -2.23. The van der Waals surface area contributed by atoms with Gasteiger partial charge in [-0.05, 0) is 50.2 Å². The third-order valence-corrected chi connectivity index (χ3v) is 4.95. The van der Waals surface area contributed by atoms with Crippen molar-refractivity contribution in [1.29, 1.82) is 0 Å². The molecule has 0 heterocycles. The zero-order valence-electron chi connectivity index (χ0n) is 18.9. The number of hydrogen-bond donors (Lipinski definition) is 2. The summed E-state index contributed by atoms with van der Waals surface area (Å²) in [5.74, 6) is -5.81. The predicted octanol–water partition coefficient (Wildman–Crippen LogP) is 3.92. The number of anilines is 1. The first kappa shape index (κ1) is 25.1. The number of nitrogens with one attached hydrogen (secondary N) is 1. The minimum Gasteiger partial charge on any atom is -0.478 e. The molecule has 0 radical (unpaired) electrons. The van der Waals surface area contributed by atoms with Crippen LogP contribution in [-0.2, 0) is 19.1 Å². The van der Waals surface area contributed by atoms with E-state index in [1.165, 1.54) is 42.5 Å². The van der Waals surface area contributed by atoms with E-state index in [-0.39, 0.29) is 16.8 Å². The Hall–Kier alpha value is -4.53. The van der Waals surface area contributed by atoms with Crippen molar-refractivity contribution in [2.75, 3.05) is 5.32 Å². The molecule has 2 N–H and O–H groups in total. The van der Waals surface area contributed by atoms with Crippen LogP contribution in [-0.4, -0.2) is 41.1 Å². The lowest BCUT2D eigenvalue weighted by atomic mass is 10.1. The van der Waals surface area contributed by atoms with Crippen molar-refractivity contribution in [3.63, 3.8) is 0 Å². The van der Waals surface area contributed by atoms with E-state index in [9.17, 15) is 28.7 Å². The van der Waals surface area contributed by atoms with Crippen LogP contribution in [0.3, 0.4) is 0 Å². The molecule has 0 aliphatic carbocycles. The fourth-order valence-electron chi connectivity index (χ4n) is 3.01. The van der Waals surface area contributed by atoms with E-state index in [4.69, 9.17) is 9.47 Å². The summed E-state index contributed by atoms with van der Waals surface area (Å²) in [7, 11) is 0. The zero-order chi connectivity index (χ0) is 25.5. The average Bonchev–Trinajstić information content (AvgIpc) is 2.83. The van der Waals surface area contributed by atoms with Gasteiger partial charge in [0.2, 0.25) is 12.2 Å². The molecule has 3 rings (SSSR count). The number of para-hydroxylation sites is 1. The Morgan fingerprint density at radius 3 is 1.66 bits per heavy atom. The number of esters is 2. The molecule has 3 aromatic carbocycles. The Morgan fingerprint density at radius 1 is 0.743 bits per heavy atom. The van der Waals surface area contributed by atoms with E-state index in [0.717, 1.165) is 17.2 Å². The standard InChI is InChI=1S/C26H22FNO7/c1-15-7-11-17(12-8-15)25(32)34-21(23(29)28-20-6-4-3-5-19(20)27)22(24(30)31)35-26(33)18-13-9-16(2)10-14-18/h3-14,21-22H,1-2H3,(H,28,29)(H,30,31)/t21-,22+/m1/s1. The van der Waals surface area contributed by atoms with Gasteiger partial charge in [-0.2, -0.15) is 0 Å². The average molecular weight is 479 g/mol. The monoisotopic (exact) mass is 479 g/mol. The van der Waals surface area contributed by atoms with Gasteiger partial charge in [-0.25, -0.2) is 18.8 Å². The summed E-state index contributed by atoms with van der Waals surface area (Å²) in [6.45, 7) is 3.59. The number of carbonyl (C=O) groups excluding carboxylic acids is 3. The van der Waals surface area contributed by atoms with Crippen LogP contribution in [0.4, 0.5) is 10.1 Å². The fraction of sp³-hybridized carbons (Fsp3) is 0.154. The highest BCUT2D eigenvalue weighted by Crippen LogP contribution is 2.18. The second-order valence-electron chi connectivity index (χ2n) is 7.69. The van der Waals surface area contributed by atoms with Gasteiger partial charge in [0.1, 0.15) is 5.82 Å². The number of halogens is 1. The Morgan fingerprint density at radius 2 is 1.20 bits per heavy atom. The molecule has 0 aliphatic rings. The Balaban J connectivity index is 1.91. The fourth-order valence-corrected chi connectivity index (χ4v) is 3.01. The van der Waals surface area contributed by atoms with Crippen molar-refractivity contribution in [2.24, 2.45) is 0 Å². The summed E-state index contributed by atoms with van der Waals surface area (Å²) >= 11 is 0. The van der Waals surface area contributed by atoms with E-state index in [2.05, 4.69) is 5.32 Å². The molecule has 8 nitrogen and oxygen atoms in total. The Kier molecular flexibility index (Phi) is 7.93. The molecule has 0 fully saturated rings. The van der Waals surface area contributed by atoms with Gasteiger partial charge in [0.05, 0.1) is 16.8 Å². The molecule has 180 valence electrons. The SMILES string of the molecule is Cc1ccc(C(=O)O[C@H](C(=O)O)[C@@H](OC(=O)c2ccc(C)cc2)C(=O)Nc2ccccc2F)cc1. The van der Waals surface area contributed by atoms with Crippen LogP contribution < -0.4 is 5.32 Å². The van der Waals surface area contributed by atoms with Crippen LogP contribution in [0.2, 0.25) is 0 Å². The van der Waals surface area contributed by atoms with Crippen molar-refractivity contribution >= 4 is 29.5 Å². The van der Waals surface area contributed by atoms with Crippen LogP contribution in [0.1, 0.15) is 31.8 Å². The molecule has 1 amide bonds. The minimum absolute atomic E-state index is 0.0278. The molecule has 0 unspecified atom stereocenters. The Bertz CT molecular complexity index is 1240. The summed E-state index contributed by atoms with van der Waals surface area (Å²) in [5.41, 5.74) is 1.49. The summed E-state index contributed by atoms with van der Waals surface area (Å²) in [4.78, 5) is 50.3. The van der Waals surface area contributed by atoms with E-state index in [0.29, 0.717) is 0 Å². The van der Waals surface area contributed by atoms with Gasteiger partial charge in [0, 0.05) is 0 Å². The highest BCUT2D eigenvalue weighted by molar-refractivity contribution is 6.01. The molecule has 0 aromatic heterocycles. The third kappa shape index (κ3) is 6.50. The smallest absolute Gasteiger partial charge is 0.349 e. The highest BCUT2D eigenvalue weighted by Gasteiger charge is 2.41. The van der Waals surface area contributed by atoms with E-state index < -0.39 is 41.8 Å². The van der Waals surface area contributed by atoms with E-state index in [1.807, 2.05) is 0 Å². The van der Waals surface area contributed by atoms with Gasteiger partial charge in [-0.3, -0.25) is 4.79 Å². The van der Waals surface area contributed by atoms with Gasteiger partial charge >= 0.3 is 17.9 Å². The number of rotatable bonds is 8. The molecule has 0 saturated heterocycles. The number of ether oxygens (including phenoxy) is 2. The molecule has 0 saturated carbocycles. The first-order valence-corrected chi connectivity index (χ1v) is 10.5. The van der Waals surface area contributed by atoms with Gasteiger partial charge in [0.25, 0.3) is 5.91 Å².